The first-order chi connectivity index (χ1) is 9.65. The molecule has 0 aliphatic heterocycles. The van der Waals surface area contributed by atoms with Crippen molar-refractivity contribution in [1.29, 1.82) is 0 Å². The standard InChI is InChI=1S/C18H21NO/c1-14-7-6-10-17(11-14)13-19-18(20)15(2)12-16-8-4-3-5-9-16/h3-11,15H,12-13H2,1-2H3,(H,19,20). The van der Waals surface area contributed by atoms with Crippen molar-refractivity contribution in [2.24, 2.45) is 5.92 Å². The Kier molecular flexibility index (Phi) is 4.94. The van der Waals surface area contributed by atoms with Gasteiger partial charge in [0.05, 0.1) is 0 Å². The Bertz CT molecular complexity index is 563. The van der Waals surface area contributed by atoms with Gasteiger partial charge in [0.2, 0.25) is 5.91 Å². The molecule has 2 aromatic carbocycles. The third kappa shape index (κ3) is 4.23. The normalized spacial score (nSPS) is 11.9. The molecule has 1 atom stereocenters. The van der Waals surface area contributed by atoms with Crippen LogP contribution in [-0.2, 0) is 17.8 Å². The van der Waals surface area contributed by atoms with Crippen LogP contribution in [-0.4, -0.2) is 5.91 Å². The molecule has 104 valence electrons. The summed E-state index contributed by atoms with van der Waals surface area (Å²) in [5.74, 6) is 0.0950. The van der Waals surface area contributed by atoms with Crippen molar-refractivity contribution in [1.82, 2.24) is 5.32 Å². The van der Waals surface area contributed by atoms with Gasteiger partial charge in [0.1, 0.15) is 0 Å². The summed E-state index contributed by atoms with van der Waals surface area (Å²) < 4.78 is 0. The number of amides is 1. The minimum atomic E-state index is -0.0118. The van der Waals surface area contributed by atoms with Gasteiger partial charge in [-0.3, -0.25) is 4.79 Å². The average molecular weight is 267 g/mol. The Labute approximate surface area is 120 Å². The molecule has 0 saturated heterocycles. The topological polar surface area (TPSA) is 29.1 Å². The predicted octanol–water partition coefficient (Wildman–Crippen LogP) is 3.49. The number of carbonyl (C=O) groups excluding carboxylic acids is 1. The first kappa shape index (κ1) is 14.3. The summed E-state index contributed by atoms with van der Waals surface area (Å²) in [6.45, 7) is 4.63. The minimum absolute atomic E-state index is 0.0118. The lowest BCUT2D eigenvalue weighted by atomic mass is 10.0. The molecule has 0 fully saturated rings. The van der Waals surface area contributed by atoms with Crippen LogP contribution in [0.25, 0.3) is 0 Å². The first-order valence-electron chi connectivity index (χ1n) is 7.02. The molecule has 1 amide bonds. The number of aryl methyl sites for hydroxylation is 1. The second kappa shape index (κ2) is 6.90. The van der Waals surface area contributed by atoms with Gasteiger partial charge in [0.15, 0.2) is 0 Å². The van der Waals surface area contributed by atoms with Gasteiger partial charge in [-0.15, -0.1) is 0 Å². The van der Waals surface area contributed by atoms with Crippen LogP contribution in [0.15, 0.2) is 54.6 Å². The van der Waals surface area contributed by atoms with Crippen LogP contribution >= 0.6 is 0 Å². The van der Waals surface area contributed by atoms with E-state index in [0.29, 0.717) is 6.54 Å². The molecule has 0 aromatic heterocycles. The molecule has 0 bridgehead atoms. The van der Waals surface area contributed by atoms with Gasteiger partial charge in [-0.25, -0.2) is 0 Å². The number of benzene rings is 2. The van der Waals surface area contributed by atoms with E-state index in [1.807, 2.05) is 37.3 Å². The third-order valence-electron chi connectivity index (χ3n) is 3.38. The maximum absolute atomic E-state index is 12.1. The number of carbonyl (C=O) groups is 1. The fraction of sp³-hybridized carbons (Fsp3) is 0.278. The minimum Gasteiger partial charge on any atom is -0.352 e. The van der Waals surface area contributed by atoms with Crippen LogP contribution in [0.4, 0.5) is 0 Å². The molecule has 0 aliphatic rings. The quantitative estimate of drug-likeness (QED) is 0.882. The molecule has 1 unspecified atom stereocenters. The molecule has 1 N–H and O–H groups in total. The van der Waals surface area contributed by atoms with Crippen LogP contribution < -0.4 is 5.32 Å². The summed E-state index contributed by atoms with van der Waals surface area (Å²) in [7, 11) is 0. The van der Waals surface area contributed by atoms with E-state index >= 15 is 0 Å². The van der Waals surface area contributed by atoms with Crippen LogP contribution in [0, 0.1) is 12.8 Å². The molecular formula is C18H21NO. The van der Waals surface area contributed by atoms with E-state index < -0.39 is 0 Å². The Balaban J connectivity index is 1.85. The van der Waals surface area contributed by atoms with Crippen molar-refractivity contribution >= 4 is 5.91 Å². The first-order valence-corrected chi connectivity index (χ1v) is 7.02. The second-order valence-electron chi connectivity index (χ2n) is 5.30. The number of rotatable bonds is 5. The van der Waals surface area contributed by atoms with Gasteiger partial charge < -0.3 is 5.32 Å². The molecule has 0 radical (unpaired) electrons. The summed E-state index contributed by atoms with van der Waals surface area (Å²) in [6.07, 6.45) is 0.778. The average Bonchev–Trinajstić information content (AvgIpc) is 2.46. The highest BCUT2D eigenvalue weighted by atomic mass is 16.1. The molecular weight excluding hydrogens is 246 g/mol. The van der Waals surface area contributed by atoms with E-state index in [0.717, 1.165) is 12.0 Å². The van der Waals surface area contributed by atoms with E-state index in [-0.39, 0.29) is 11.8 Å². The highest BCUT2D eigenvalue weighted by Crippen LogP contribution is 2.09. The Morgan fingerprint density at radius 1 is 1.05 bits per heavy atom. The zero-order valence-corrected chi connectivity index (χ0v) is 12.1. The van der Waals surface area contributed by atoms with Crippen LogP contribution in [0.3, 0.4) is 0 Å². The lowest BCUT2D eigenvalue weighted by Crippen LogP contribution is -2.29. The fourth-order valence-corrected chi connectivity index (χ4v) is 2.25. The van der Waals surface area contributed by atoms with Crippen LogP contribution in [0.1, 0.15) is 23.6 Å². The van der Waals surface area contributed by atoms with Crippen molar-refractivity contribution in [3.8, 4) is 0 Å². The van der Waals surface area contributed by atoms with E-state index in [4.69, 9.17) is 0 Å². The van der Waals surface area contributed by atoms with Gasteiger partial charge in [-0.1, -0.05) is 67.1 Å². The number of nitrogens with one attached hydrogen (secondary N) is 1. The second-order valence-corrected chi connectivity index (χ2v) is 5.30. The maximum Gasteiger partial charge on any atom is 0.223 e. The summed E-state index contributed by atoms with van der Waals surface area (Å²) >= 11 is 0. The Hall–Kier alpha value is -2.09. The number of hydrogen-bond donors (Lipinski definition) is 1. The molecule has 0 spiro atoms. The molecule has 0 saturated carbocycles. The predicted molar refractivity (Wildman–Crippen MR) is 82.3 cm³/mol. The van der Waals surface area contributed by atoms with E-state index in [9.17, 15) is 4.79 Å². The van der Waals surface area contributed by atoms with Crippen molar-refractivity contribution in [2.45, 2.75) is 26.8 Å². The van der Waals surface area contributed by atoms with Crippen molar-refractivity contribution in [3.63, 3.8) is 0 Å². The van der Waals surface area contributed by atoms with Crippen molar-refractivity contribution in [3.05, 3.63) is 71.3 Å². The molecule has 20 heavy (non-hydrogen) atoms. The van der Waals surface area contributed by atoms with Gasteiger partial charge in [0.25, 0.3) is 0 Å². The zero-order valence-electron chi connectivity index (χ0n) is 12.1. The summed E-state index contributed by atoms with van der Waals surface area (Å²) in [5, 5.41) is 3.01. The van der Waals surface area contributed by atoms with E-state index in [1.54, 1.807) is 0 Å². The molecule has 2 rings (SSSR count). The van der Waals surface area contributed by atoms with Gasteiger partial charge >= 0.3 is 0 Å². The summed E-state index contributed by atoms with van der Waals surface area (Å²) in [4.78, 5) is 12.1. The third-order valence-corrected chi connectivity index (χ3v) is 3.38. The molecule has 0 heterocycles. The highest BCUT2D eigenvalue weighted by molar-refractivity contribution is 5.78. The summed E-state index contributed by atoms with van der Waals surface area (Å²) in [5.41, 5.74) is 3.56. The van der Waals surface area contributed by atoms with Gasteiger partial charge in [0, 0.05) is 12.5 Å². The smallest absolute Gasteiger partial charge is 0.223 e. The van der Waals surface area contributed by atoms with Crippen molar-refractivity contribution in [2.75, 3.05) is 0 Å². The number of hydrogen-bond acceptors (Lipinski definition) is 1. The molecule has 0 aliphatic carbocycles. The van der Waals surface area contributed by atoms with Crippen LogP contribution in [0.5, 0.6) is 0 Å². The highest BCUT2D eigenvalue weighted by Gasteiger charge is 2.12. The van der Waals surface area contributed by atoms with Gasteiger partial charge in [-0.05, 0) is 24.5 Å². The molecule has 2 heteroatoms. The zero-order chi connectivity index (χ0) is 14.4. The molecule has 2 nitrogen and oxygen atoms in total. The van der Waals surface area contributed by atoms with E-state index in [1.165, 1.54) is 11.1 Å². The molecule has 2 aromatic rings. The Morgan fingerprint density at radius 2 is 1.75 bits per heavy atom. The largest absolute Gasteiger partial charge is 0.352 e. The van der Waals surface area contributed by atoms with E-state index in [2.05, 4.69) is 36.5 Å². The lowest BCUT2D eigenvalue weighted by Gasteiger charge is -2.12. The Morgan fingerprint density at radius 3 is 2.45 bits per heavy atom. The monoisotopic (exact) mass is 267 g/mol. The SMILES string of the molecule is Cc1cccc(CNC(=O)C(C)Cc2ccccc2)c1. The van der Waals surface area contributed by atoms with Gasteiger partial charge in [-0.2, -0.15) is 0 Å². The summed E-state index contributed by atoms with van der Waals surface area (Å²) in [6, 6.07) is 18.3. The lowest BCUT2D eigenvalue weighted by molar-refractivity contribution is -0.124. The fourth-order valence-electron chi connectivity index (χ4n) is 2.25. The van der Waals surface area contributed by atoms with Crippen molar-refractivity contribution < 1.29 is 4.79 Å². The van der Waals surface area contributed by atoms with Crippen LogP contribution in [0.2, 0.25) is 0 Å². The maximum atomic E-state index is 12.1.